The maximum absolute atomic E-state index is 11.7. The van der Waals surface area contributed by atoms with Crippen LogP contribution in [0.25, 0.3) is 0 Å². The van der Waals surface area contributed by atoms with Crippen molar-refractivity contribution in [1.82, 2.24) is 0 Å². The summed E-state index contributed by atoms with van der Waals surface area (Å²) >= 11 is 0. The Labute approximate surface area is 77.3 Å². The fraction of sp³-hybridized carbons (Fsp3) is 0.833. The third kappa shape index (κ3) is 5.00. The number of aliphatic carboxylic acids is 1. The minimum Gasteiger partial charge on any atom is -0.480 e. The highest BCUT2D eigenvalue weighted by atomic mass is 19.4. The van der Waals surface area contributed by atoms with E-state index < -0.39 is 37.5 Å². The smallest absolute Gasteiger partial charge is 0.416 e. The van der Waals surface area contributed by atoms with E-state index in [0.717, 1.165) is 0 Å². The van der Waals surface area contributed by atoms with E-state index >= 15 is 0 Å². The molecule has 14 heavy (non-hydrogen) atoms. The maximum Gasteiger partial charge on any atom is 0.416 e. The van der Waals surface area contributed by atoms with Crippen molar-refractivity contribution < 1.29 is 32.9 Å². The van der Waals surface area contributed by atoms with Gasteiger partial charge in [-0.05, 0) is 0 Å². The summed E-state index contributed by atoms with van der Waals surface area (Å²) in [6.07, 6.45) is -7.39. The molecule has 0 fully saturated rings. The number of ether oxygens (including phenoxy) is 1. The number of alkyl halides is 3. The van der Waals surface area contributed by atoms with Gasteiger partial charge in [-0.25, -0.2) is 0 Å². The van der Waals surface area contributed by atoms with E-state index in [1.54, 1.807) is 0 Å². The molecule has 0 saturated carbocycles. The van der Waals surface area contributed by atoms with E-state index in [0.29, 0.717) is 0 Å². The molecule has 0 amide bonds. The molecule has 0 aromatic rings. The van der Waals surface area contributed by atoms with Gasteiger partial charge in [0.2, 0.25) is 0 Å². The Hall–Kier alpha value is -0.860. The molecule has 1 unspecified atom stereocenters. The average molecular weight is 217 g/mol. The van der Waals surface area contributed by atoms with Crippen LogP contribution in [-0.4, -0.2) is 47.7 Å². The van der Waals surface area contributed by atoms with Crippen LogP contribution in [0.1, 0.15) is 0 Å². The van der Waals surface area contributed by atoms with Gasteiger partial charge in [-0.2, -0.15) is 13.2 Å². The van der Waals surface area contributed by atoms with Gasteiger partial charge in [0.05, 0.1) is 13.2 Å². The predicted octanol–water partition coefficient (Wildman–Crippen LogP) is -0.662. The second kappa shape index (κ2) is 5.13. The summed E-state index contributed by atoms with van der Waals surface area (Å²) in [5.41, 5.74) is 4.92. The minimum absolute atomic E-state index is 0.581. The number of halogens is 3. The lowest BCUT2D eigenvalue weighted by Gasteiger charge is -2.15. The molecule has 0 aliphatic rings. The van der Waals surface area contributed by atoms with Crippen molar-refractivity contribution in [3.63, 3.8) is 0 Å². The van der Waals surface area contributed by atoms with Crippen LogP contribution in [0, 0.1) is 0 Å². The first kappa shape index (κ1) is 13.1. The largest absolute Gasteiger partial charge is 0.480 e. The molecule has 0 spiro atoms. The van der Waals surface area contributed by atoms with Crippen LogP contribution < -0.4 is 5.73 Å². The van der Waals surface area contributed by atoms with E-state index in [2.05, 4.69) is 4.74 Å². The van der Waals surface area contributed by atoms with Gasteiger partial charge < -0.3 is 20.7 Å². The molecule has 0 rings (SSSR count). The Bertz CT molecular complexity index is 196. The zero-order valence-electron chi connectivity index (χ0n) is 6.99. The minimum atomic E-state index is -4.77. The van der Waals surface area contributed by atoms with Crippen molar-refractivity contribution >= 4 is 5.97 Å². The highest BCUT2D eigenvalue weighted by Gasteiger charge is 2.38. The second-order valence-electron chi connectivity index (χ2n) is 2.54. The first-order chi connectivity index (χ1) is 6.25. The van der Waals surface area contributed by atoms with Crippen molar-refractivity contribution in [2.75, 3.05) is 13.2 Å². The van der Waals surface area contributed by atoms with Gasteiger partial charge in [0.1, 0.15) is 6.04 Å². The summed E-state index contributed by atoms with van der Waals surface area (Å²) in [5.74, 6) is -1.38. The van der Waals surface area contributed by atoms with Crippen molar-refractivity contribution in [2.24, 2.45) is 5.73 Å². The topological polar surface area (TPSA) is 92.8 Å². The summed E-state index contributed by atoms with van der Waals surface area (Å²) in [7, 11) is 0. The number of hydrogen-bond donors (Lipinski definition) is 3. The number of carboxylic acid groups (broad SMARTS) is 1. The third-order valence-corrected chi connectivity index (χ3v) is 1.27. The lowest BCUT2D eigenvalue weighted by atomic mass is 10.3. The molecular weight excluding hydrogens is 207 g/mol. The second-order valence-corrected chi connectivity index (χ2v) is 2.54. The van der Waals surface area contributed by atoms with Gasteiger partial charge in [-0.1, -0.05) is 0 Å². The first-order valence-corrected chi connectivity index (χ1v) is 3.56. The molecule has 0 heterocycles. The Kier molecular flexibility index (Phi) is 4.81. The monoisotopic (exact) mass is 217 g/mol. The van der Waals surface area contributed by atoms with Crippen LogP contribution in [-0.2, 0) is 9.53 Å². The van der Waals surface area contributed by atoms with Crippen LogP contribution in [0.2, 0.25) is 0 Å². The van der Waals surface area contributed by atoms with Gasteiger partial charge in [0.25, 0.3) is 0 Å². The van der Waals surface area contributed by atoms with Gasteiger partial charge in [0, 0.05) is 0 Å². The highest BCUT2D eigenvalue weighted by Crippen LogP contribution is 2.19. The standard InChI is InChI=1S/C6H10F3NO4/c7-6(8,9)4(11)2-14-1-3(10)5(12)13/h3-4,11H,1-2,10H2,(H,12,13)/t3-,4?/m0/s1. The van der Waals surface area contributed by atoms with Crippen molar-refractivity contribution in [2.45, 2.75) is 18.3 Å². The Balaban J connectivity index is 3.70. The zero-order chi connectivity index (χ0) is 11.4. The summed E-state index contributed by atoms with van der Waals surface area (Å²) in [4.78, 5) is 10.1. The van der Waals surface area contributed by atoms with E-state index in [-0.39, 0.29) is 0 Å². The average Bonchev–Trinajstić information content (AvgIpc) is 2.01. The van der Waals surface area contributed by atoms with Gasteiger partial charge in [-0.15, -0.1) is 0 Å². The number of rotatable bonds is 5. The van der Waals surface area contributed by atoms with Crippen molar-refractivity contribution in [3.05, 3.63) is 0 Å². The normalized spacial score (nSPS) is 16.4. The summed E-state index contributed by atoms with van der Waals surface area (Å²) in [6.45, 7) is -1.60. The molecule has 0 saturated heterocycles. The predicted molar refractivity (Wildman–Crippen MR) is 38.5 cm³/mol. The highest BCUT2D eigenvalue weighted by molar-refractivity contribution is 5.73. The number of carboxylic acids is 1. The molecule has 2 atom stereocenters. The van der Waals surface area contributed by atoms with E-state index in [4.69, 9.17) is 15.9 Å². The van der Waals surface area contributed by atoms with Crippen molar-refractivity contribution in [1.29, 1.82) is 0 Å². The lowest BCUT2D eigenvalue weighted by Crippen LogP contribution is -2.38. The molecule has 0 aliphatic carbocycles. The molecule has 0 aromatic carbocycles. The van der Waals surface area contributed by atoms with Crippen LogP contribution in [0.4, 0.5) is 13.2 Å². The number of carbonyl (C=O) groups is 1. The zero-order valence-corrected chi connectivity index (χ0v) is 6.99. The third-order valence-electron chi connectivity index (χ3n) is 1.27. The quantitative estimate of drug-likeness (QED) is 0.568. The Morgan fingerprint density at radius 1 is 1.43 bits per heavy atom. The fourth-order valence-corrected chi connectivity index (χ4v) is 0.472. The molecular formula is C6H10F3NO4. The molecule has 0 bridgehead atoms. The Morgan fingerprint density at radius 3 is 2.29 bits per heavy atom. The SMILES string of the molecule is N[C@@H](COCC(O)C(F)(F)F)C(=O)O. The maximum atomic E-state index is 11.7. The molecule has 5 nitrogen and oxygen atoms in total. The number of aliphatic hydroxyl groups is 1. The number of aliphatic hydroxyl groups excluding tert-OH is 1. The van der Waals surface area contributed by atoms with Crippen LogP contribution >= 0.6 is 0 Å². The van der Waals surface area contributed by atoms with E-state index in [1.807, 2.05) is 0 Å². The molecule has 84 valence electrons. The Morgan fingerprint density at radius 2 is 1.93 bits per heavy atom. The number of hydrogen-bond acceptors (Lipinski definition) is 4. The fourth-order valence-electron chi connectivity index (χ4n) is 0.472. The molecule has 8 heteroatoms. The summed E-state index contributed by atoms with van der Waals surface area (Å²) < 4.78 is 39.2. The van der Waals surface area contributed by atoms with E-state index in [1.165, 1.54) is 0 Å². The molecule has 0 aliphatic heterocycles. The van der Waals surface area contributed by atoms with Crippen LogP contribution in [0.5, 0.6) is 0 Å². The molecule has 0 radical (unpaired) electrons. The van der Waals surface area contributed by atoms with Crippen LogP contribution in [0.15, 0.2) is 0 Å². The first-order valence-electron chi connectivity index (χ1n) is 3.56. The van der Waals surface area contributed by atoms with Gasteiger partial charge in [-0.3, -0.25) is 4.79 Å². The summed E-state index contributed by atoms with van der Waals surface area (Å²) in [5, 5.41) is 16.6. The lowest BCUT2D eigenvalue weighted by molar-refractivity contribution is -0.217. The molecule has 4 N–H and O–H groups in total. The van der Waals surface area contributed by atoms with Gasteiger partial charge >= 0.3 is 12.1 Å². The molecule has 0 aromatic heterocycles. The van der Waals surface area contributed by atoms with Gasteiger partial charge in [0.15, 0.2) is 6.10 Å². The van der Waals surface area contributed by atoms with Crippen molar-refractivity contribution in [3.8, 4) is 0 Å². The van der Waals surface area contributed by atoms with E-state index in [9.17, 15) is 18.0 Å². The summed E-state index contributed by atoms with van der Waals surface area (Å²) in [6, 6.07) is -1.39. The van der Waals surface area contributed by atoms with Crippen LogP contribution in [0.3, 0.4) is 0 Å². The number of nitrogens with two attached hydrogens (primary N) is 1.